The number of carboxylic acid groups (broad SMARTS) is 1. The van der Waals surface area contributed by atoms with Gasteiger partial charge in [-0.3, -0.25) is 0 Å². The molecule has 0 bridgehead atoms. The molecule has 128 valence electrons. The van der Waals surface area contributed by atoms with E-state index >= 15 is 0 Å². The fourth-order valence-electron chi connectivity index (χ4n) is 2.64. The van der Waals surface area contributed by atoms with Crippen LogP contribution in [0.4, 0.5) is 23.8 Å². The topological polar surface area (TPSA) is 69.6 Å². The molecule has 0 unspecified atom stereocenters. The summed E-state index contributed by atoms with van der Waals surface area (Å²) in [7, 11) is 0. The lowest BCUT2D eigenvalue weighted by atomic mass is 10.1. The highest BCUT2D eigenvalue weighted by Crippen LogP contribution is 2.38. The molecular weight excluding hydrogens is 349 g/mol. The van der Waals surface area contributed by atoms with Gasteiger partial charge < -0.3 is 14.9 Å². The second-order valence-electron chi connectivity index (χ2n) is 5.30. The van der Waals surface area contributed by atoms with Gasteiger partial charge in [-0.1, -0.05) is 11.6 Å². The minimum absolute atomic E-state index is 0.234. The Labute approximate surface area is 139 Å². The summed E-state index contributed by atoms with van der Waals surface area (Å²) in [6.45, 7) is 1.17. The van der Waals surface area contributed by atoms with Crippen LogP contribution in [0.15, 0.2) is 18.5 Å². The van der Waals surface area contributed by atoms with Crippen molar-refractivity contribution in [2.45, 2.75) is 6.18 Å². The minimum Gasteiger partial charge on any atom is -0.465 e. The summed E-state index contributed by atoms with van der Waals surface area (Å²) in [5.41, 5.74) is -0.643. The fourth-order valence-corrected chi connectivity index (χ4v) is 2.91. The molecule has 0 spiro atoms. The molecule has 6 nitrogen and oxygen atoms in total. The van der Waals surface area contributed by atoms with Gasteiger partial charge in [-0.2, -0.15) is 13.2 Å². The van der Waals surface area contributed by atoms with Crippen LogP contribution in [0.2, 0.25) is 5.02 Å². The molecule has 1 aromatic carbocycles. The van der Waals surface area contributed by atoms with Crippen LogP contribution in [0, 0.1) is 0 Å². The second kappa shape index (κ2) is 5.97. The first-order valence-electron chi connectivity index (χ1n) is 7.01. The summed E-state index contributed by atoms with van der Waals surface area (Å²) in [6, 6.07) is 2.11. The number of fused-ring (bicyclic) bond motifs is 1. The summed E-state index contributed by atoms with van der Waals surface area (Å²) in [6.07, 6.45) is -4.35. The maximum absolute atomic E-state index is 13.1. The number of piperazine rings is 1. The Hall–Kier alpha value is -2.29. The third kappa shape index (κ3) is 3.03. The smallest absolute Gasteiger partial charge is 0.417 e. The molecule has 1 saturated heterocycles. The van der Waals surface area contributed by atoms with Gasteiger partial charge in [0.1, 0.15) is 12.1 Å². The van der Waals surface area contributed by atoms with Gasteiger partial charge in [0.2, 0.25) is 0 Å². The van der Waals surface area contributed by atoms with Crippen molar-refractivity contribution in [3.8, 4) is 0 Å². The van der Waals surface area contributed by atoms with Crippen LogP contribution in [0.3, 0.4) is 0 Å². The van der Waals surface area contributed by atoms with E-state index in [1.165, 1.54) is 17.3 Å². The number of amides is 1. The standard InChI is InChI=1S/C14H12ClF3N4O2/c15-10-6-11-8(5-9(10)14(16,17)18)12(20-7-19-11)21-1-3-22(4-2-21)13(23)24/h5-7H,1-4H2,(H,23,24). The van der Waals surface area contributed by atoms with E-state index in [2.05, 4.69) is 9.97 Å². The molecular formula is C14H12ClF3N4O2. The molecule has 24 heavy (non-hydrogen) atoms. The number of benzene rings is 1. The number of carbonyl (C=O) groups is 1. The largest absolute Gasteiger partial charge is 0.465 e. The van der Waals surface area contributed by atoms with Crippen LogP contribution in [0.1, 0.15) is 5.56 Å². The molecule has 1 N–H and O–H groups in total. The third-order valence-corrected chi connectivity index (χ3v) is 4.17. The summed E-state index contributed by atoms with van der Waals surface area (Å²) in [4.78, 5) is 22.0. The van der Waals surface area contributed by atoms with Crippen molar-refractivity contribution < 1.29 is 23.1 Å². The number of aromatic nitrogens is 2. The number of alkyl halides is 3. The van der Waals surface area contributed by atoms with Gasteiger partial charge in [-0.05, 0) is 12.1 Å². The van der Waals surface area contributed by atoms with Crippen molar-refractivity contribution in [2.75, 3.05) is 31.1 Å². The Morgan fingerprint density at radius 1 is 1.17 bits per heavy atom. The van der Waals surface area contributed by atoms with Gasteiger partial charge in [0.25, 0.3) is 0 Å². The predicted octanol–water partition coefficient (Wildman–Crippen LogP) is 3.10. The molecule has 0 aliphatic carbocycles. The van der Waals surface area contributed by atoms with E-state index in [-0.39, 0.29) is 18.5 Å². The van der Waals surface area contributed by atoms with Gasteiger partial charge in [-0.25, -0.2) is 14.8 Å². The van der Waals surface area contributed by atoms with Crippen molar-refractivity contribution in [1.82, 2.24) is 14.9 Å². The number of hydrogen-bond acceptors (Lipinski definition) is 4. The van der Waals surface area contributed by atoms with E-state index in [0.29, 0.717) is 24.4 Å². The highest BCUT2D eigenvalue weighted by atomic mass is 35.5. The molecule has 1 aliphatic rings. The molecule has 0 saturated carbocycles. The first-order valence-corrected chi connectivity index (χ1v) is 7.39. The van der Waals surface area contributed by atoms with E-state index in [9.17, 15) is 18.0 Å². The van der Waals surface area contributed by atoms with Crippen LogP contribution in [0.5, 0.6) is 0 Å². The molecule has 2 aromatic rings. The van der Waals surface area contributed by atoms with Crippen LogP contribution in [-0.4, -0.2) is 52.2 Å². The maximum atomic E-state index is 13.1. The lowest BCUT2D eigenvalue weighted by Gasteiger charge is -2.34. The number of rotatable bonds is 1. The van der Waals surface area contributed by atoms with Gasteiger partial charge in [0.15, 0.2) is 0 Å². The zero-order valence-corrected chi connectivity index (χ0v) is 13.0. The number of anilines is 1. The fraction of sp³-hybridized carbons (Fsp3) is 0.357. The Morgan fingerprint density at radius 3 is 2.42 bits per heavy atom. The quantitative estimate of drug-likeness (QED) is 0.846. The Morgan fingerprint density at radius 2 is 1.83 bits per heavy atom. The first-order chi connectivity index (χ1) is 11.3. The van der Waals surface area contributed by atoms with Crippen molar-refractivity contribution in [3.63, 3.8) is 0 Å². The molecule has 1 aliphatic heterocycles. The van der Waals surface area contributed by atoms with Crippen LogP contribution >= 0.6 is 11.6 Å². The first kappa shape index (κ1) is 16.6. The van der Waals surface area contributed by atoms with Gasteiger partial charge in [-0.15, -0.1) is 0 Å². The van der Waals surface area contributed by atoms with E-state index in [0.717, 1.165) is 6.07 Å². The molecule has 0 atom stereocenters. The molecule has 1 aromatic heterocycles. The Bertz CT molecular complexity index is 791. The van der Waals surface area contributed by atoms with E-state index < -0.39 is 22.9 Å². The highest BCUT2D eigenvalue weighted by Gasteiger charge is 2.34. The molecule has 1 amide bonds. The average Bonchev–Trinajstić information content (AvgIpc) is 2.52. The zero-order chi connectivity index (χ0) is 17.5. The zero-order valence-electron chi connectivity index (χ0n) is 12.2. The van der Waals surface area contributed by atoms with Gasteiger partial charge in [0.05, 0.1) is 16.1 Å². The molecule has 10 heteroatoms. The van der Waals surface area contributed by atoms with E-state index in [1.807, 2.05) is 0 Å². The highest BCUT2D eigenvalue weighted by molar-refractivity contribution is 6.32. The maximum Gasteiger partial charge on any atom is 0.417 e. The minimum atomic E-state index is -4.58. The Kier molecular flexibility index (Phi) is 4.12. The van der Waals surface area contributed by atoms with Crippen molar-refractivity contribution in [1.29, 1.82) is 0 Å². The molecule has 3 rings (SSSR count). The van der Waals surface area contributed by atoms with Gasteiger partial charge in [0, 0.05) is 31.6 Å². The van der Waals surface area contributed by atoms with Crippen molar-refractivity contribution in [3.05, 3.63) is 29.0 Å². The monoisotopic (exact) mass is 360 g/mol. The predicted molar refractivity (Wildman–Crippen MR) is 81.4 cm³/mol. The van der Waals surface area contributed by atoms with Gasteiger partial charge >= 0.3 is 12.3 Å². The Balaban J connectivity index is 2.01. The molecule has 2 heterocycles. The van der Waals surface area contributed by atoms with Crippen LogP contribution < -0.4 is 4.90 Å². The number of hydrogen-bond donors (Lipinski definition) is 1. The van der Waals surface area contributed by atoms with Crippen molar-refractivity contribution >= 4 is 34.4 Å². The van der Waals surface area contributed by atoms with Crippen molar-refractivity contribution in [2.24, 2.45) is 0 Å². The summed E-state index contributed by atoms with van der Waals surface area (Å²) in [5.74, 6) is 0.340. The molecule has 0 radical (unpaired) electrons. The SMILES string of the molecule is O=C(O)N1CCN(c2ncnc3cc(Cl)c(C(F)(F)F)cc23)CC1. The van der Waals surface area contributed by atoms with E-state index in [4.69, 9.17) is 16.7 Å². The average molecular weight is 361 g/mol. The summed E-state index contributed by atoms with van der Waals surface area (Å²) >= 11 is 5.71. The van der Waals surface area contributed by atoms with E-state index in [1.54, 1.807) is 4.90 Å². The lowest BCUT2D eigenvalue weighted by molar-refractivity contribution is -0.137. The molecule has 1 fully saturated rings. The summed E-state index contributed by atoms with van der Waals surface area (Å²) < 4.78 is 39.2. The summed E-state index contributed by atoms with van der Waals surface area (Å²) in [5, 5.41) is 8.78. The third-order valence-electron chi connectivity index (χ3n) is 3.86. The van der Waals surface area contributed by atoms with Crippen LogP contribution in [-0.2, 0) is 6.18 Å². The number of nitrogens with zero attached hydrogens (tertiary/aromatic N) is 4. The normalized spacial score (nSPS) is 15.8. The lowest BCUT2D eigenvalue weighted by Crippen LogP contribution is -2.48. The second-order valence-corrected chi connectivity index (χ2v) is 5.71. The van der Waals surface area contributed by atoms with Crippen LogP contribution in [0.25, 0.3) is 10.9 Å². The number of halogens is 4.